The largest absolute Gasteiger partial charge is 0.393 e. The van der Waals surface area contributed by atoms with Gasteiger partial charge >= 0.3 is 0 Å². The van der Waals surface area contributed by atoms with Gasteiger partial charge in [-0.3, -0.25) is 0 Å². The average molecular weight is 395 g/mol. The van der Waals surface area contributed by atoms with Gasteiger partial charge in [-0.25, -0.2) is 0 Å². The van der Waals surface area contributed by atoms with Crippen molar-refractivity contribution in [3.05, 3.63) is 47.1 Å². The van der Waals surface area contributed by atoms with Crippen LogP contribution in [0.1, 0.15) is 80.1 Å². The van der Waals surface area contributed by atoms with Gasteiger partial charge < -0.3 is 5.11 Å². The van der Waals surface area contributed by atoms with Gasteiger partial charge in [0, 0.05) is 0 Å². The Hall–Kier alpha value is -1.08. The molecule has 160 valence electrons. The van der Waals surface area contributed by atoms with Crippen molar-refractivity contribution in [3.8, 4) is 0 Å². The number of aliphatic hydroxyl groups is 1. The summed E-state index contributed by atoms with van der Waals surface area (Å²) in [5, 5.41) is 10.2. The molecule has 0 aromatic rings. The second-order valence-electron chi connectivity index (χ2n) is 11.4. The van der Waals surface area contributed by atoms with Crippen molar-refractivity contribution in [1.29, 1.82) is 0 Å². The molecule has 0 radical (unpaired) electrons. The molecule has 1 nitrogen and oxygen atoms in total. The summed E-state index contributed by atoms with van der Waals surface area (Å²) in [6, 6.07) is 0. The van der Waals surface area contributed by atoms with Crippen LogP contribution in [-0.4, -0.2) is 11.2 Å². The van der Waals surface area contributed by atoms with Crippen molar-refractivity contribution in [2.45, 2.75) is 86.2 Å². The molecule has 0 aliphatic heterocycles. The molecule has 1 N–H and O–H groups in total. The Morgan fingerprint density at radius 3 is 2.45 bits per heavy atom. The fourth-order valence-corrected chi connectivity index (χ4v) is 6.93. The first-order valence-electron chi connectivity index (χ1n) is 12.2. The Morgan fingerprint density at radius 1 is 1.00 bits per heavy atom. The predicted molar refractivity (Wildman–Crippen MR) is 123 cm³/mol. The molecule has 0 aromatic carbocycles. The molecular weight excluding hydrogens is 352 g/mol. The van der Waals surface area contributed by atoms with Crippen molar-refractivity contribution >= 4 is 0 Å². The first kappa shape index (κ1) is 21.2. The maximum Gasteiger partial charge on any atom is 0.0578 e. The zero-order valence-electron chi connectivity index (χ0n) is 19.5. The molecule has 0 saturated heterocycles. The highest BCUT2D eigenvalue weighted by atomic mass is 16.3. The van der Waals surface area contributed by atoms with Gasteiger partial charge in [0.05, 0.1) is 6.10 Å². The predicted octanol–water partition coefficient (Wildman–Crippen LogP) is 7.25. The van der Waals surface area contributed by atoms with E-state index < -0.39 is 0 Å². The summed E-state index contributed by atoms with van der Waals surface area (Å²) >= 11 is 0. The zero-order chi connectivity index (χ0) is 21.0. The summed E-state index contributed by atoms with van der Waals surface area (Å²) in [5.41, 5.74) is 5.39. The summed E-state index contributed by atoms with van der Waals surface area (Å²) in [4.78, 5) is 0. The molecule has 0 bridgehead atoms. The lowest BCUT2D eigenvalue weighted by Gasteiger charge is -2.53. The molecule has 0 heterocycles. The molecule has 4 rings (SSSR count). The first-order chi connectivity index (χ1) is 13.7. The number of fused-ring (bicyclic) bond motifs is 5. The maximum absolute atomic E-state index is 10.2. The van der Waals surface area contributed by atoms with E-state index in [0.717, 1.165) is 25.2 Å². The molecule has 0 amide bonds. The number of allylic oxidation sites excluding steroid dienone is 7. The van der Waals surface area contributed by atoms with Gasteiger partial charge in [-0.1, -0.05) is 77.5 Å². The topological polar surface area (TPSA) is 20.2 Å². The van der Waals surface area contributed by atoms with Gasteiger partial charge in [0.15, 0.2) is 0 Å². The Labute approximate surface area is 179 Å². The van der Waals surface area contributed by atoms with Crippen LogP contribution in [0.5, 0.6) is 0 Å². The minimum absolute atomic E-state index is 0.130. The molecule has 2 saturated carbocycles. The minimum atomic E-state index is -0.130. The molecular formula is C28H42O. The van der Waals surface area contributed by atoms with Crippen molar-refractivity contribution in [1.82, 2.24) is 0 Å². The number of rotatable bonds is 4. The van der Waals surface area contributed by atoms with E-state index in [1.54, 1.807) is 11.1 Å². The van der Waals surface area contributed by atoms with Crippen LogP contribution in [0.3, 0.4) is 0 Å². The van der Waals surface area contributed by atoms with E-state index in [9.17, 15) is 5.11 Å². The fourth-order valence-electron chi connectivity index (χ4n) is 6.93. The Bertz CT molecular complexity index is 765. The molecule has 4 aliphatic rings. The lowest BCUT2D eigenvalue weighted by molar-refractivity contribution is 0.0719. The number of hydrogen-bond acceptors (Lipinski definition) is 1. The molecule has 4 aliphatic carbocycles. The first-order valence-corrected chi connectivity index (χ1v) is 12.2. The van der Waals surface area contributed by atoms with Crippen molar-refractivity contribution in [2.24, 2.45) is 40.4 Å². The third kappa shape index (κ3) is 3.42. The maximum atomic E-state index is 10.2. The summed E-state index contributed by atoms with van der Waals surface area (Å²) in [7, 11) is 0. The third-order valence-electron chi connectivity index (χ3n) is 9.47. The van der Waals surface area contributed by atoms with E-state index in [2.05, 4.69) is 71.9 Å². The summed E-state index contributed by atoms with van der Waals surface area (Å²) in [6.07, 6.45) is 19.1. The van der Waals surface area contributed by atoms with Crippen LogP contribution in [0.4, 0.5) is 0 Å². The minimum Gasteiger partial charge on any atom is -0.393 e. The number of hydrogen-bond donors (Lipinski definition) is 1. The fraction of sp³-hybridized carbons (Fsp3) is 0.714. The highest BCUT2D eigenvalue weighted by Crippen LogP contribution is 2.64. The molecule has 0 spiro atoms. The quantitative estimate of drug-likeness (QED) is 0.498. The van der Waals surface area contributed by atoms with Gasteiger partial charge in [0.2, 0.25) is 0 Å². The van der Waals surface area contributed by atoms with Gasteiger partial charge in [0.25, 0.3) is 0 Å². The van der Waals surface area contributed by atoms with E-state index in [4.69, 9.17) is 0 Å². The lowest BCUT2D eigenvalue weighted by atomic mass is 9.51. The lowest BCUT2D eigenvalue weighted by Crippen LogP contribution is -2.44. The van der Waals surface area contributed by atoms with Gasteiger partial charge in [0.1, 0.15) is 0 Å². The summed E-state index contributed by atoms with van der Waals surface area (Å²) in [5.74, 6) is 3.37. The standard InChI is InChI=1S/C28H42O/c1-18(2)19(3)7-8-20(4)24-11-12-25-23-10-9-21-17-22(29)13-15-27(21,5)26(23)14-16-28(24,25)6/h7-10,12,18-20,22,24,26,29H,11,13-17H2,1-6H3/b8-7+/t19?,20?,22-,24+,26?,27?,28?/m0/s1. The Balaban J connectivity index is 1.58. The van der Waals surface area contributed by atoms with Crippen molar-refractivity contribution in [3.63, 3.8) is 0 Å². The Kier molecular flexibility index (Phi) is 5.52. The van der Waals surface area contributed by atoms with Crippen LogP contribution >= 0.6 is 0 Å². The second-order valence-corrected chi connectivity index (χ2v) is 11.4. The van der Waals surface area contributed by atoms with Gasteiger partial charge in [-0.05, 0) is 90.1 Å². The van der Waals surface area contributed by atoms with E-state index in [0.29, 0.717) is 29.1 Å². The van der Waals surface area contributed by atoms with Crippen molar-refractivity contribution < 1.29 is 5.11 Å². The second kappa shape index (κ2) is 7.56. The average Bonchev–Trinajstić information content (AvgIpc) is 3.03. The molecule has 29 heavy (non-hydrogen) atoms. The normalized spacial score (nSPS) is 41.2. The highest BCUT2D eigenvalue weighted by Gasteiger charge is 2.53. The number of aliphatic hydroxyl groups excluding tert-OH is 1. The van der Waals surface area contributed by atoms with E-state index >= 15 is 0 Å². The monoisotopic (exact) mass is 394 g/mol. The van der Waals surface area contributed by atoms with E-state index in [1.165, 1.54) is 24.8 Å². The SMILES string of the molecule is CC(C)C(C)/C=C/C(C)[C@H]1CC=C2C3=CC=C4C[C@@H](O)CCC4(C)C3CCC21C. The molecule has 7 atom stereocenters. The van der Waals surface area contributed by atoms with Crippen LogP contribution in [0.2, 0.25) is 0 Å². The molecule has 2 fully saturated rings. The van der Waals surface area contributed by atoms with Crippen molar-refractivity contribution in [2.75, 3.05) is 0 Å². The molecule has 0 aromatic heterocycles. The van der Waals surface area contributed by atoms with Crippen LogP contribution < -0.4 is 0 Å². The van der Waals surface area contributed by atoms with Crippen LogP contribution in [0, 0.1) is 40.4 Å². The van der Waals surface area contributed by atoms with Crippen LogP contribution in [0.15, 0.2) is 47.1 Å². The zero-order valence-corrected chi connectivity index (χ0v) is 19.5. The van der Waals surface area contributed by atoms with E-state index in [1.807, 2.05) is 0 Å². The smallest absolute Gasteiger partial charge is 0.0578 e. The van der Waals surface area contributed by atoms with Gasteiger partial charge in [-0.15, -0.1) is 0 Å². The summed E-state index contributed by atoms with van der Waals surface area (Å²) < 4.78 is 0. The highest BCUT2D eigenvalue weighted by molar-refractivity contribution is 5.51. The molecule has 1 heteroatoms. The van der Waals surface area contributed by atoms with Crippen LogP contribution in [0.25, 0.3) is 0 Å². The van der Waals surface area contributed by atoms with Crippen LogP contribution in [-0.2, 0) is 0 Å². The third-order valence-corrected chi connectivity index (χ3v) is 9.47. The Morgan fingerprint density at radius 2 is 1.72 bits per heavy atom. The van der Waals surface area contributed by atoms with E-state index in [-0.39, 0.29) is 11.5 Å². The summed E-state index contributed by atoms with van der Waals surface area (Å²) in [6.45, 7) is 14.5. The molecule has 5 unspecified atom stereocenters. The van der Waals surface area contributed by atoms with Gasteiger partial charge in [-0.2, -0.15) is 0 Å².